The molecule has 7 unspecified atom stereocenters. The van der Waals surface area contributed by atoms with Crippen LogP contribution in [0.5, 0.6) is 0 Å². The van der Waals surface area contributed by atoms with Crippen molar-refractivity contribution < 1.29 is 49.3 Å². The van der Waals surface area contributed by atoms with E-state index >= 15 is 0 Å². The lowest BCUT2D eigenvalue weighted by Crippen LogP contribution is -2.60. The summed E-state index contributed by atoms with van der Waals surface area (Å²) in [4.78, 5) is 25.0. The summed E-state index contributed by atoms with van der Waals surface area (Å²) in [7, 11) is 0. The molecule has 382 valence electrons. The van der Waals surface area contributed by atoms with Crippen molar-refractivity contribution in [3.05, 3.63) is 24.3 Å². The Hall–Kier alpha value is -1.86. The van der Waals surface area contributed by atoms with Crippen molar-refractivity contribution in [3.8, 4) is 0 Å². The number of rotatable bonds is 46. The molecule has 0 aromatic heterocycles. The second-order valence-corrected chi connectivity index (χ2v) is 18.9. The number of carbonyl (C=O) groups is 2. The number of allylic oxidation sites excluding steroid dienone is 3. The fraction of sp³-hybridized carbons (Fsp3) is 0.889. The van der Waals surface area contributed by atoms with Crippen molar-refractivity contribution in [2.45, 2.75) is 288 Å². The maximum Gasteiger partial charge on any atom is 0.305 e. The standard InChI is InChI=1S/C54H101NO10/c1-3-5-7-9-11-13-21-26-30-34-38-42-50(59)63-43-39-35-31-27-23-20-18-16-15-17-19-22-25-29-33-37-41-49(58)55-46(45-64-54-53(62)52(61)51(60)48(44-56)65-54)47(57)40-36-32-28-24-14-12-10-8-6-4-2/h15,17,36,40,46-48,51-54,56-57,60-62H,3-14,16,18-35,37-39,41-45H2,1-2H3,(H,55,58)/b17-15-,40-36+. The third-order valence-electron chi connectivity index (χ3n) is 12.8. The summed E-state index contributed by atoms with van der Waals surface area (Å²) in [6.45, 7) is 4.28. The van der Waals surface area contributed by atoms with E-state index in [2.05, 4.69) is 31.3 Å². The summed E-state index contributed by atoms with van der Waals surface area (Å²) in [5.74, 6) is -0.222. The number of aliphatic hydroxyl groups excluding tert-OH is 5. The minimum Gasteiger partial charge on any atom is -0.466 e. The largest absolute Gasteiger partial charge is 0.466 e. The molecule has 0 saturated carbocycles. The van der Waals surface area contributed by atoms with Gasteiger partial charge in [0.2, 0.25) is 5.91 Å². The summed E-state index contributed by atoms with van der Waals surface area (Å²) < 4.78 is 16.6. The van der Waals surface area contributed by atoms with Gasteiger partial charge in [-0.15, -0.1) is 0 Å². The van der Waals surface area contributed by atoms with Crippen LogP contribution in [0.1, 0.15) is 245 Å². The summed E-state index contributed by atoms with van der Waals surface area (Å²) in [6.07, 6.45) is 41.2. The van der Waals surface area contributed by atoms with Crippen LogP contribution < -0.4 is 5.32 Å². The van der Waals surface area contributed by atoms with Gasteiger partial charge in [0.25, 0.3) is 0 Å². The van der Waals surface area contributed by atoms with Gasteiger partial charge in [-0.2, -0.15) is 0 Å². The van der Waals surface area contributed by atoms with Gasteiger partial charge < -0.3 is 45.1 Å². The predicted octanol–water partition coefficient (Wildman–Crippen LogP) is 11.4. The molecular formula is C54H101NO10. The Labute approximate surface area is 397 Å². The highest BCUT2D eigenvalue weighted by Crippen LogP contribution is 2.23. The summed E-state index contributed by atoms with van der Waals surface area (Å²) in [6, 6.07) is -0.820. The highest BCUT2D eigenvalue weighted by atomic mass is 16.7. The van der Waals surface area contributed by atoms with Crippen LogP contribution in [0.2, 0.25) is 0 Å². The molecular weight excluding hydrogens is 823 g/mol. The second kappa shape index (κ2) is 44.6. The van der Waals surface area contributed by atoms with Crippen LogP contribution in [0.25, 0.3) is 0 Å². The van der Waals surface area contributed by atoms with Crippen LogP contribution in [0.3, 0.4) is 0 Å². The number of hydrogen-bond donors (Lipinski definition) is 6. The van der Waals surface area contributed by atoms with Crippen LogP contribution in [-0.4, -0.2) is 100 Å². The monoisotopic (exact) mass is 924 g/mol. The van der Waals surface area contributed by atoms with E-state index in [-0.39, 0.29) is 18.5 Å². The van der Waals surface area contributed by atoms with Crippen molar-refractivity contribution in [3.63, 3.8) is 0 Å². The highest BCUT2D eigenvalue weighted by Gasteiger charge is 2.44. The van der Waals surface area contributed by atoms with Gasteiger partial charge in [-0.05, 0) is 57.8 Å². The lowest BCUT2D eigenvalue weighted by atomic mass is 9.99. The first-order valence-electron chi connectivity index (χ1n) is 27.1. The molecule has 0 spiro atoms. The Kier molecular flexibility index (Phi) is 42.0. The minimum atomic E-state index is -1.58. The summed E-state index contributed by atoms with van der Waals surface area (Å²) >= 11 is 0. The molecule has 11 nitrogen and oxygen atoms in total. The molecule has 11 heteroatoms. The molecule has 7 atom stereocenters. The van der Waals surface area contributed by atoms with Gasteiger partial charge >= 0.3 is 5.97 Å². The number of aliphatic hydroxyl groups is 5. The zero-order chi connectivity index (χ0) is 47.4. The van der Waals surface area contributed by atoms with Crippen molar-refractivity contribution in [1.29, 1.82) is 0 Å². The first-order chi connectivity index (χ1) is 31.7. The quantitative estimate of drug-likeness (QED) is 0.0196. The zero-order valence-electron chi connectivity index (χ0n) is 41.7. The number of nitrogens with one attached hydrogen (secondary N) is 1. The maximum atomic E-state index is 13.0. The van der Waals surface area contributed by atoms with Crippen LogP contribution in [-0.2, 0) is 23.8 Å². The number of unbranched alkanes of at least 4 members (excludes halogenated alkanes) is 30. The van der Waals surface area contributed by atoms with Crippen molar-refractivity contribution in [1.82, 2.24) is 5.32 Å². The number of ether oxygens (including phenoxy) is 3. The smallest absolute Gasteiger partial charge is 0.305 e. The Morgan fingerprint density at radius 1 is 0.554 bits per heavy atom. The molecule has 6 N–H and O–H groups in total. The third-order valence-corrected chi connectivity index (χ3v) is 12.8. The highest BCUT2D eigenvalue weighted by molar-refractivity contribution is 5.76. The SMILES string of the molecule is CCCCCCCCCC/C=C/C(O)C(COC1OC(CO)C(O)C(O)C1O)NC(=O)CCCCCCC/C=C\CCCCCCCCCOC(=O)CCCCCCCCCCCCC. The fourth-order valence-electron chi connectivity index (χ4n) is 8.43. The van der Waals surface area contributed by atoms with Crippen LogP contribution in [0.4, 0.5) is 0 Å². The Morgan fingerprint density at radius 2 is 0.985 bits per heavy atom. The van der Waals surface area contributed by atoms with E-state index < -0.39 is 49.5 Å². The molecule has 0 aromatic carbocycles. The van der Waals surface area contributed by atoms with Gasteiger partial charge in [0.15, 0.2) is 6.29 Å². The lowest BCUT2D eigenvalue weighted by Gasteiger charge is -2.40. The van der Waals surface area contributed by atoms with Gasteiger partial charge in [0, 0.05) is 12.8 Å². The fourth-order valence-corrected chi connectivity index (χ4v) is 8.43. The lowest BCUT2D eigenvalue weighted by molar-refractivity contribution is -0.302. The number of amides is 1. The first-order valence-corrected chi connectivity index (χ1v) is 27.1. The predicted molar refractivity (Wildman–Crippen MR) is 264 cm³/mol. The van der Waals surface area contributed by atoms with Gasteiger partial charge in [0.05, 0.1) is 32.0 Å². The summed E-state index contributed by atoms with van der Waals surface area (Å²) in [5, 5.41) is 54.1. The van der Waals surface area contributed by atoms with Crippen molar-refractivity contribution >= 4 is 11.9 Å². The van der Waals surface area contributed by atoms with Gasteiger partial charge in [0.1, 0.15) is 24.4 Å². The minimum absolute atomic E-state index is 0.0215. The van der Waals surface area contributed by atoms with Crippen molar-refractivity contribution in [2.24, 2.45) is 0 Å². The van der Waals surface area contributed by atoms with E-state index in [1.165, 1.54) is 128 Å². The molecule has 1 aliphatic rings. The topological polar surface area (TPSA) is 175 Å². The Morgan fingerprint density at radius 3 is 1.48 bits per heavy atom. The molecule has 1 heterocycles. The summed E-state index contributed by atoms with van der Waals surface area (Å²) in [5.41, 5.74) is 0. The van der Waals surface area contributed by atoms with E-state index in [9.17, 15) is 35.1 Å². The first kappa shape index (κ1) is 61.2. The number of carbonyl (C=O) groups excluding carboxylic acids is 2. The third kappa shape index (κ3) is 35.0. The molecule has 0 bridgehead atoms. The molecule has 1 aliphatic heterocycles. The number of hydrogen-bond acceptors (Lipinski definition) is 10. The number of esters is 1. The zero-order valence-corrected chi connectivity index (χ0v) is 41.7. The van der Waals surface area contributed by atoms with E-state index in [1.807, 2.05) is 6.08 Å². The van der Waals surface area contributed by atoms with Gasteiger partial charge in [-0.1, -0.05) is 199 Å². The average molecular weight is 924 g/mol. The molecule has 0 radical (unpaired) electrons. The van der Waals surface area contributed by atoms with Crippen molar-refractivity contribution in [2.75, 3.05) is 19.8 Å². The molecule has 0 aliphatic carbocycles. The van der Waals surface area contributed by atoms with E-state index in [1.54, 1.807) is 6.08 Å². The van der Waals surface area contributed by atoms with E-state index in [0.717, 1.165) is 89.9 Å². The average Bonchev–Trinajstić information content (AvgIpc) is 3.30. The van der Waals surface area contributed by atoms with E-state index in [4.69, 9.17) is 14.2 Å². The normalized spacial score (nSPS) is 19.9. The Bertz CT molecular complexity index is 1130. The van der Waals surface area contributed by atoms with E-state index in [0.29, 0.717) is 19.4 Å². The molecule has 1 amide bonds. The molecule has 65 heavy (non-hydrogen) atoms. The van der Waals surface area contributed by atoms with Gasteiger partial charge in [-0.25, -0.2) is 0 Å². The molecule has 1 rings (SSSR count). The van der Waals surface area contributed by atoms with Crippen LogP contribution in [0.15, 0.2) is 24.3 Å². The van der Waals surface area contributed by atoms with Crippen LogP contribution >= 0.6 is 0 Å². The molecule has 1 saturated heterocycles. The molecule has 1 fully saturated rings. The maximum absolute atomic E-state index is 13.0. The Balaban J connectivity index is 2.13. The molecule has 0 aromatic rings. The van der Waals surface area contributed by atoms with Gasteiger partial charge in [-0.3, -0.25) is 9.59 Å². The van der Waals surface area contributed by atoms with Crippen LogP contribution in [0, 0.1) is 0 Å². The second-order valence-electron chi connectivity index (χ2n) is 18.9.